The van der Waals surface area contributed by atoms with E-state index in [1.807, 2.05) is 17.5 Å². The summed E-state index contributed by atoms with van der Waals surface area (Å²) >= 11 is 1.33. The second-order valence-corrected chi connectivity index (χ2v) is 7.59. The zero-order valence-corrected chi connectivity index (χ0v) is 19.7. The van der Waals surface area contributed by atoms with E-state index in [-0.39, 0.29) is 5.78 Å². The molecule has 0 saturated heterocycles. The van der Waals surface area contributed by atoms with Crippen LogP contribution in [-0.2, 0) is 0 Å². The second kappa shape index (κ2) is 10.5. The normalized spacial score (nSPS) is 10.8. The van der Waals surface area contributed by atoms with Crippen LogP contribution in [0.2, 0.25) is 0 Å². The van der Waals surface area contributed by atoms with E-state index >= 15 is 0 Å². The predicted octanol–water partition coefficient (Wildman–Crippen LogP) is 5.02. The lowest BCUT2D eigenvalue weighted by atomic mass is 10.1. The highest BCUT2D eigenvalue weighted by Crippen LogP contribution is 2.35. The van der Waals surface area contributed by atoms with Crippen LogP contribution in [0, 0.1) is 11.3 Å². The van der Waals surface area contributed by atoms with Crippen LogP contribution in [0.1, 0.15) is 22.3 Å². The Morgan fingerprint density at radius 2 is 1.64 bits per heavy atom. The first-order chi connectivity index (χ1) is 15.9. The van der Waals surface area contributed by atoms with Crippen molar-refractivity contribution < 1.29 is 23.7 Å². The summed E-state index contributed by atoms with van der Waals surface area (Å²) in [6.07, 6.45) is 1.52. The van der Waals surface area contributed by atoms with Crippen LogP contribution in [0.15, 0.2) is 41.9 Å². The molecule has 0 aliphatic carbocycles. The molecule has 33 heavy (non-hydrogen) atoms. The Morgan fingerprint density at radius 1 is 1.00 bits per heavy atom. The van der Waals surface area contributed by atoms with Gasteiger partial charge in [0, 0.05) is 28.8 Å². The van der Waals surface area contributed by atoms with Crippen LogP contribution < -0.4 is 24.3 Å². The number of nitriles is 1. The summed E-state index contributed by atoms with van der Waals surface area (Å²) in [4.78, 5) is 16.7. The number of rotatable bonds is 9. The lowest BCUT2D eigenvalue weighted by molar-refractivity contribution is 0.101. The van der Waals surface area contributed by atoms with Crippen LogP contribution in [-0.4, -0.2) is 39.2 Å². The summed E-state index contributed by atoms with van der Waals surface area (Å²) in [7, 11) is 6.16. The van der Waals surface area contributed by atoms with Crippen molar-refractivity contribution in [2.75, 3.05) is 33.8 Å². The lowest BCUT2D eigenvalue weighted by Gasteiger charge is -2.13. The molecule has 1 N–H and O–H groups in total. The minimum absolute atomic E-state index is 0.157. The minimum Gasteiger partial charge on any atom is -0.493 e. The van der Waals surface area contributed by atoms with Crippen molar-refractivity contribution in [1.29, 1.82) is 5.26 Å². The van der Waals surface area contributed by atoms with Crippen LogP contribution in [0.25, 0.3) is 16.8 Å². The highest BCUT2D eigenvalue weighted by Gasteiger charge is 2.15. The number of nitrogens with zero attached hydrogens (tertiary/aromatic N) is 2. The fourth-order valence-corrected chi connectivity index (χ4v) is 3.90. The highest BCUT2D eigenvalue weighted by molar-refractivity contribution is 7.11. The Hall–Kier alpha value is -4.03. The third-order valence-corrected chi connectivity index (χ3v) is 5.68. The number of ether oxygens (including phenoxy) is 4. The van der Waals surface area contributed by atoms with Gasteiger partial charge < -0.3 is 24.3 Å². The van der Waals surface area contributed by atoms with Crippen molar-refractivity contribution in [1.82, 2.24) is 4.98 Å². The second-order valence-electron chi connectivity index (χ2n) is 6.73. The van der Waals surface area contributed by atoms with Gasteiger partial charge in [0.1, 0.15) is 16.6 Å². The van der Waals surface area contributed by atoms with Crippen molar-refractivity contribution in [2.45, 2.75) is 6.92 Å². The quantitative estimate of drug-likeness (QED) is 0.347. The smallest absolute Gasteiger partial charge is 0.162 e. The fraction of sp³-hybridized carbons (Fsp3) is 0.208. The minimum atomic E-state index is -0.157. The van der Waals surface area contributed by atoms with Crippen molar-refractivity contribution in [2.24, 2.45) is 0 Å². The van der Waals surface area contributed by atoms with E-state index in [1.54, 1.807) is 32.4 Å². The number of methoxy groups -OCH3 is 4. The Morgan fingerprint density at radius 3 is 2.24 bits per heavy atom. The number of Topliss-reactive ketones (excluding diaryl/α,β-unsaturated/α-hetero) is 1. The van der Waals surface area contributed by atoms with E-state index in [1.165, 1.54) is 38.7 Å². The molecule has 0 aliphatic rings. The molecule has 8 nitrogen and oxygen atoms in total. The fourth-order valence-electron chi connectivity index (χ4n) is 3.11. The number of nitrogens with one attached hydrogen (secondary N) is 1. The molecule has 0 spiro atoms. The largest absolute Gasteiger partial charge is 0.493 e. The summed E-state index contributed by atoms with van der Waals surface area (Å²) in [6, 6.07) is 10.9. The van der Waals surface area contributed by atoms with Gasteiger partial charge in [0.2, 0.25) is 0 Å². The molecule has 0 unspecified atom stereocenters. The SMILES string of the molecule is COc1ccc(-c2csc(/C(C#N)=C/Nc3cc(OC)c(OC)cc3C(C)=O)n2)cc1OC. The predicted molar refractivity (Wildman–Crippen MR) is 127 cm³/mol. The third kappa shape index (κ3) is 5.07. The Balaban J connectivity index is 1.93. The van der Waals surface area contributed by atoms with E-state index in [0.717, 1.165) is 5.56 Å². The van der Waals surface area contributed by atoms with Gasteiger partial charge in [-0.05, 0) is 31.2 Å². The maximum Gasteiger partial charge on any atom is 0.162 e. The molecule has 1 aromatic heterocycles. The molecule has 0 bridgehead atoms. The maximum atomic E-state index is 12.1. The zero-order chi connectivity index (χ0) is 24.0. The Labute approximate surface area is 196 Å². The monoisotopic (exact) mass is 465 g/mol. The van der Waals surface area contributed by atoms with Crippen molar-refractivity contribution in [3.63, 3.8) is 0 Å². The van der Waals surface area contributed by atoms with Gasteiger partial charge in [-0.15, -0.1) is 11.3 Å². The molecular formula is C24H23N3O5S. The number of anilines is 1. The molecule has 0 aliphatic heterocycles. The Kier molecular flexibility index (Phi) is 7.53. The number of hydrogen-bond donors (Lipinski definition) is 1. The van der Waals surface area contributed by atoms with Crippen molar-refractivity contribution >= 4 is 28.4 Å². The maximum absolute atomic E-state index is 12.1. The van der Waals surface area contributed by atoms with E-state index in [2.05, 4.69) is 16.4 Å². The van der Waals surface area contributed by atoms with Crippen molar-refractivity contribution in [3.05, 3.63) is 52.5 Å². The van der Waals surface area contributed by atoms with Gasteiger partial charge in [0.05, 0.1) is 39.8 Å². The number of allylic oxidation sites excluding steroid dienone is 1. The van der Waals surface area contributed by atoms with Crippen LogP contribution in [0.3, 0.4) is 0 Å². The first kappa shape index (κ1) is 23.6. The molecule has 0 amide bonds. The molecule has 3 rings (SSSR count). The summed E-state index contributed by atoms with van der Waals surface area (Å²) < 4.78 is 21.2. The molecule has 9 heteroatoms. The number of carbonyl (C=O) groups is 1. The molecule has 0 saturated carbocycles. The average Bonchev–Trinajstić information content (AvgIpc) is 3.33. The van der Waals surface area contributed by atoms with E-state index in [0.29, 0.717) is 50.5 Å². The zero-order valence-electron chi connectivity index (χ0n) is 18.9. The first-order valence-electron chi connectivity index (χ1n) is 9.77. The topological polar surface area (TPSA) is 103 Å². The molecule has 0 radical (unpaired) electrons. The van der Waals surface area contributed by atoms with Gasteiger partial charge in [-0.3, -0.25) is 4.79 Å². The third-order valence-electron chi connectivity index (χ3n) is 4.81. The van der Waals surface area contributed by atoms with Crippen molar-refractivity contribution in [3.8, 4) is 40.3 Å². The van der Waals surface area contributed by atoms with Gasteiger partial charge >= 0.3 is 0 Å². The van der Waals surface area contributed by atoms with E-state index < -0.39 is 0 Å². The Bertz CT molecular complexity index is 1240. The van der Waals surface area contributed by atoms with E-state index in [4.69, 9.17) is 18.9 Å². The van der Waals surface area contributed by atoms with Gasteiger partial charge in [-0.1, -0.05) is 0 Å². The highest BCUT2D eigenvalue weighted by atomic mass is 32.1. The van der Waals surface area contributed by atoms with Crippen LogP contribution in [0.4, 0.5) is 5.69 Å². The summed E-state index contributed by atoms with van der Waals surface area (Å²) in [5.41, 5.74) is 2.75. The number of aromatic nitrogens is 1. The average molecular weight is 466 g/mol. The molecule has 0 atom stereocenters. The van der Waals surface area contributed by atoms with Crippen LogP contribution in [0.5, 0.6) is 23.0 Å². The number of hydrogen-bond acceptors (Lipinski definition) is 9. The first-order valence-corrected chi connectivity index (χ1v) is 10.7. The van der Waals surface area contributed by atoms with Gasteiger partial charge in [-0.25, -0.2) is 4.98 Å². The number of ketones is 1. The summed E-state index contributed by atoms with van der Waals surface area (Å²) in [5.74, 6) is 1.96. The molecule has 2 aromatic carbocycles. The van der Waals surface area contributed by atoms with E-state index in [9.17, 15) is 10.1 Å². The molecule has 1 heterocycles. The molecule has 0 fully saturated rings. The number of thiazole rings is 1. The summed E-state index contributed by atoms with van der Waals surface area (Å²) in [6.45, 7) is 1.46. The molecule has 3 aromatic rings. The van der Waals surface area contributed by atoms with Gasteiger partial charge in [0.15, 0.2) is 28.8 Å². The molecular weight excluding hydrogens is 442 g/mol. The number of carbonyl (C=O) groups excluding carboxylic acids is 1. The summed E-state index contributed by atoms with van der Waals surface area (Å²) in [5, 5.41) is 15.1. The van der Waals surface area contributed by atoms with Gasteiger partial charge in [-0.2, -0.15) is 5.26 Å². The standard InChI is InChI=1S/C24H23N3O5S/c1-14(28)17-9-22(31-4)23(32-5)10-18(17)26-12-16(11-25)24-27-19(13-33-24)15-6-7-20(29-2)21(8-15)30-3/h6-10,12-13,26H,1-5H3/b16-12+. The lowest BCUT2D eigenvalue weighted by Crippen LogP contribution is -2.03. The van der Waals surface area contributed by atoms with Gasteiger partial charge in [0.25, 0.3) is 0 Å². The molecule has 170 valence electrons. The number of benzene rings is 2. The van der Waals surface area contributed by atoms with Crippen LogP contribution >= 0.6 is 11.3 Å².